The molecule has 0 bridgehead atoms. The van der Waals surface area contributed by atoms with Gasteiger partial charge in [0, 0.05) is 72.5 Å². The third-order valence-electron chi connectivity index (χ3n) is 9.49. The molecule has 51 heavy (non-hydrogen) atoms. The molecule has 268 valence electrons. The molecule has 4 aromatic rings. The van der Waals surface area contributed by atoms with Crippen LogP contribution >= 0.6 is 23.2 Å². The molecule has 2 aliphatic heterocycles. The fourth-order valence-corrected chi connectivity index (χ4v) is 7.25. The lowest BCUT2D eigenvalue weighted by Crippen LogP contribution is -2.35. The second-order valence-corrected chi connectivity index (χ2v) is 13.6. The quantitative estimate of drug-likeness (QED) is 0.123. The number of carbonyl (C=O) groups is 2. The number of nitrogens with zero attached hydrogens (tertiary/aromatic N) is 3. The molecule has 1 amide bonds. The second-order valence-electron chi connectivity index (χ2n) is 12.9. The number of esters is 1. The van der Waals surface area contributed by atoms with Crippen molar-refractivity contribution in [1.29, 1.82) is 0 Å². The van der Waals surface area contributed by atoms with Crippen molar-refractivity contribution in [3.8, 4) is 28.3 Å². The van der Waals surface area contributed by atoms with E-state index in [1.165, 1.54) is 7.11 Å². The number of aromatic nitrogens is 2. The molecule has 2 saturated heterocycles. The number of benzene rings is 2. The summed E-state index contributed by atoms with van der Waals surface area (Å²) in [7, 11) is 2.98. The maximum Gasteiger partial charge on any atom is 0.305 e. The van der Waals surface area contributed by atoms with Crippen molar-refractivity contribution in [3.05, 3.63) is 87.8 Å². The highest BCUT2D eigenvalue weighted by molar-refractivity contribution is 6.39. The summed E-state index contributed by atoms with van der Waals surface area (Å²) in [5.41, 5.74) is 4.56. The van der Waals surface area contributed by atoms with Gasteiger partial charge in [0.15, 0.2) is 11.6 Å². The Morgan fingerprint density at radius 1 is 0.980 bits per heavy atom. The molecule has 10 nitrogen and oxygen atoms in total. The molecular weight excluding hydrogens is 694 g/mol. The molecule has 0 saturated carbocycles. The van der Waals surface area contributed by atoms with E-state index in [-0.39, 0.29) is 29.7 Å². The van der Waals surface area contributed by atoms with E-state index in [9.17, 15) is 9.59 Å². The Morgan fingerprint density at radius 2 is 1.73 bits per heavy atom. The minimum atomic E-state index is -0.445. The average Bonchev–Trinajstić information content (AvgIpc) is 3.56. The number of nitrogens with one attached hydrogen (secondary N) is 3. The van der Waals surface area contributed by atoms with Crippen molar-refractivity contribution < 1.29 is 23.5 Å². The summed E-state index contributed by atoms with van der Waals surface area (Å²) in [6, 6.07) is 16.8. The van der Waals surface area contributed by atoms with Gasteiger partial charge in [-0.05, 0) is 56.5 Å². The molecule has 2 aromatic carbocycles. The molecule has 2 fully saturated rings. The van der Waals surface area contributed by atoms with Crippen LogP contribution in [-0.4, -0.2) is 66.6 Å². The summed E-state index contributed by atoms with van der Waals surface area (Å²) in [6.45, 7) is 3.16. The normalized spacial score (nSPS) is 16.6. The zero-order valence-corrected chi connectivity index (χ0v) is 30.1. The van der Waals surface area contributed by atoms with Gasteiger partial charge < -0.3 is 25.4 Å². The monoisotopic (exact) mass is 734 g/mol. The second kappa shape index (κ2) is 16.8. The minimum Gasteiger partial charge on any atom is -0.481 e. The number of anilines is 2. The SMILES string of the molecule is COC(=O)CC1CCN(Cc2ccnc(Nc3cccc(-c4cccc(-c5ccc(CNC[C@@H]6CCC(=O)N6)c(OC)n5)c4Cl)c3Cl)c2F)CC1. The first-order chi connectivity index (χ1) is 24.7. The lowest BCUT2D eigenvalue weighted by Gasteiger charge is -2.31. The molecule has 13 heteroatoms. The standard InChI is InChI=1S/C38H41Cl2FN6O4/c1-50-33(49)19-23-14-17-47(18-15-23)22-25-13-16-43-37(36(25)41)45-31-8-4-6-28(35(31)40)27-5-3-7-29(34(27)39)30-11-9-24(38(46-30)51-2)20-42-21-26-10-12-32(48)44-26/h3-9,11,13,16,23,26,42H,10,12,14-15,17-22H2,1-2H3,(H,43,45)(H,44,48)/t26-/m0/s1. The van der Waals surface area contributed by atoms with Crippen LogP contribution in [0.5, 0.6) is 5.88 Å². The topological polar surface area (TPSA) is 118 Å². The Morgan fingerprint density at radius 3 is 2.45 bits per heavy atom. The van der Waals surface area contributed by atoms with Crippen molar-refractivity contribution in [3.63, 3.8) is 0 Å². The number of rotatable bonds is 13. The number of hydrogen-bond acceptors (Lipinski definition) is 9. The first-order valence-electron chi connectivity index (χ1n) is 17.0. The average molecular weight is 736 g/mol. The fourth-order valence-electron chi connectivity index (χ4n) is 6.65. The van der Waals surface area contributed by atoms with Crippen molar-refractivity contribution in [1.82, 2.24) is 25.5 Å². The maximum absolute atomic E-state index is 15.8. The van der Waals surface area contributed by atoms with Gasteiger partial charge in [-0.3, -0.25) is 14.5 Å². The highest BCUT2D eigenvalue weighted by atomic mass is 35.5. The number of ether oxygens (including phenoxy) is 2. The van der Waals surface area contributed by atoms with E-state index in [2.05, 4.69) is 25.8 Å². The summed E-state index contributed by atoms with van der Waals surface area (Å²) in [6.07, 6.45) is 5.09. The van der Waals surface area contributed by atoms with Crippen LogP contribution in [0.2, 0.25) is 10.0 Å². The predicted molar refractivity (Wildman–Crippen MR) is 197 cm³/mol. The van der Waals surface area contributed by atoms with E-state index in [4.69, 9.17) is 37.7 Å². The maximum atomic E-state index is 15.8. The van der Waals surface area contributed by atoms with Crippen molar-refractivity contribution in [2.24, 2.45) is 5.92 Å². The van der Waals surface area contributed by atoms with Crippen LogP contribution in [0.3, 0.4) is 0 Å². The third-order valence-corrected chi connectivity index (χ3v) is 10.3. The molecule has 6 rings (SSSR count). The van der Waals surface area contributed by atoms with Gasteiger partial charge in [0.1, 0.15) is 0 Å². The van der Waals surface area contributed by atoms with Crippen LogP contribution in [0, 0.1) is 11.7 Å². The lowest BCUT2D eigenvalue weighted by molar-refractivity contribution is -0.142. The summed E-state index contributed by atoms with van der Waals surface area (Å²) >= 11 is 14.0. The number of pyridine rings is 2. The van der Waals surface area contributed by atoms with E-state index >= 15 is 4.39 Å². The highest BCUT2D eigenvalue weighted by Gasteiger charge is 2.24. The van der Waals surface area contributed by atoms with Gasteiger partial charge in [-0.15, -0.1) is 0 Å². The molecule has 4 heterocycles. The van der Waals surface area contributed by atoms with Gasteiger partial charge in [-0.2, -0.15) is 0 Å². The largest absolute Gasteiger partial charge is 0.481 e. The van der Waals surface area contributed by atoms with Crippen molar-refractivity contribution in [2.45, 2.75) is 51.2 Å². The van der Waals surface area contributed by atoms with E-state index in [0.717, 1.165) is 37.9 Å². The Hall–Kier alpha value is -4.29. The first kappa shape index (κ1) is 36.5. The summed E-state index contributed by atoms with van der Waals surface area (Å²) in [5, 5.41) is 10.3. The Bertz CT molecular complexity index is 1890. The number of piperidine rings is 1. The molecule has 0 spiro atoms. The van der Waals surface area contributed by atoms with Crippen LogP contribution < -0.4 is 20.7 Å². The highest BCUT2D eigenvalue weighted by Crippen LogP contribution is 2.42. The number of halogens is 3. The van der Waals surface area contributed by atoms with Crippen LogP contribution in [0.25, 0.3) is 22.4 Å². The molecule has 0 unspecified atom stereocenters. The van der Waals surface area contributed by atoms with E-state index in [0.29, 0.717) is 82.0 Å². The number of carbonyl (C=O) groups excluding carboxylic acids is 2. The van der Waals surface area contributed by atoms with Gasteiger partial charge in [0.05, 0.1) is 35.6 Å². The lowest BCUT2D eigenvalue weighted by atomic mass is 9.93. The Labute approximate surface area is 307 Å². The molecular formula is C38H41Cl2FN6O4. The summed E-state index contributed by atoms with van der Waals surface area (Å²) in [5.74, 6) is 0.279. The van der Waals surface area contributed by atoms with Crippen LogP contribution in [0.4, 0.5) is 15.9 Å². The number of likely N-dealkylation sites (tertiary alicyclic amines) is 1. The molecule has 0 aliphatic carbocycles. The van der Waals surface area contributed by atoms with E-state index in [1.54, 1.807) is 25.4 Å². The Balaban J connectivity index is 1.16. The van der Waals surface area contributed by atoms with Gasteiger partial charge in [0.2, 0.25) is 11.8 Å². The van der Waals surface area contributed by atoms with Crippen LogP contribution in [-0.2, 0) is 27.4 Å². The number of hydrogen-bond donors (Lipinski definition) is 3. The molecule has 3 N–H and O–H groups in total. The molecule has 2 aromatic heterocycles. The van der Waals surface area contributed by atoms with Crippen molar-refractivity contribution in [2.75, 3.05) is 39.2 Å². The molecule has 1 atom stereocenters. The first-order valence-corrected chi connectivity index (χ1v) is 17.8. The summed E-state index contributed by atoms with van der Waals surface area (Å²) in [4.78, 5) is 34.4. The summed E-state index contributed by atoms with van der Waals surface area (Å²) < 4.78 is 26.2. The fraction of sp³-hybridized carbons (Fsp3) is 0.368. The van der Waals surface area contributed by atoms with Gasteiger partial charge >= 0.3 is 5.97 Å². The van der Waals surface area contributed by atoms with E-state index in [1.807, 2.05) is 42.5 Å². The minimum absolute atomic E-state index is 0.0749. The molecule has 2 aliphatic rings. The number of amides is 1. The molecule has 0 radical (unpaired) electrons. The predicted octanol–water partition coefficient (Wildman–Crippen LogP) is 7.15. The van der Waals surface area contributed by atoms with Crippen molar-refractivity contribution >= 4 is 46.6 Å². The zero-order chi connectivity index (χ0) is 35.9. The van der Waals surface area contributed by atoms with Gasteiger partial charge in [0.25, 0.3) is 0 Å². The Kier molecular flexibility index (Phi) is 12.0. The van der Waals surface area contributed by atoms with Crippen LogP contribution in [0.1, 0.15) is 43.2 Å². The smallest absolute Gasteiger partial charge is 0.305 e. The number of methoxy groups -OCH3 is 2. The zero-order valence-electron chi connectivity index (χ0n) is 28.6. The van der Waals surface area contributed by atoms with E-state index < -0.39 is 5.82 Å². The van der Waals surface area contributed by atoms with Crippen LogP contribution in [0.15, 0.2) is 60.8 Å². The van der Waals surface area contributed by atoms with Gasteiger partial charge in [-0.1, -0.05) is 59.6 Å². The third kappa shape index (κ3) is 8.78. The van der Waals surface area contributed by atoms with Gasteiger partial charge in [-0.25, -0.2) is 14.4 Å².